The van der Waals surface area contributed by atoms with Crippen LogP contribution in [0.4, 0.5) is 11.8 Å². The maximum Gasteiger partial charge on any atom is 0.224 e. The van der Waals surface area contributed by atoms with Crippen molar-refractivity contribution in [3.8, 4) is 0 Å². The van der Waals surface area contributed by atoms with Crippen molar-refractivity contribution in [3.05, 3.63) is 78.2 Å². The highest BCUT2D eigenvalue weighted by molar-refractivity contribution is 5.40. The molecule has 116 valence electrons. The lowest BCUT2D eigenvalue weighted by Gasteiger charge is -2.08. The van der Waals surface area contributed by atoms with Crippen LogP contribution in [0, 0.1) is 0 Å². The third-order valence-electron chi connectivity index (χ3n) is 3.42. The van der Waals surface area contributed by atoms with E-state index in [2.05, 4.69) is 49.9 Å². The number of hydrogen-bond donors (Lipinski definition) is 2. The van der Waals surface area contributed by atoms with E-state index in [0.29, 0.717) is 12.5 Å². The van der Waals surface area contributed by atoms with Crippen LogP contribution in [-0.4, -0.2) is 21.5 Å². The van der Waals surface area contributed by atoms with Gasteiger partial charge in [-0.1, -0.05) is 30.3 Å². The summed E-state index contributed by atoms with van der Waals surface area (Å²) >= 11 is 0. The average molecular weight is 305 g/mol. The van der Waals surface area contributed by atoms with Gasteiger partial charge in [0, 0.05) is 31.7 Å². The van der Waals surface area contributed by atoms with Gasteiger partial charge in [-0.2, -0.15) is 4.98 Å². The summed E-state index contributed by atoms with van der Waals surface area (Å²) < 4.78 is 0. The molecule has 0 bridgehead atoms. The molecule has 0 spiro atoms. The fraction of sp³-hybridized carbons (Fsp3) is 0.167. The Kier molecular flexibility index (Phi) is 5.13. The molecule has 0 saturated heterocycles. The van der Waals surface area contributed by atoms with Crippen molar-refractivity contribution in [3.63, 3.8) is 0 Å². The molecule has 0 fully saturated rings. The van der Waals surface area contributed by atoms with E-state index in [9.17, 15) is 0 Å². The normalized spacial score (nSPS) is 10.3. The van der Waals surface area contributed by atoms with E-state index in [1.54, 1.807) is 18.6 Å². The molecule has 1 aromatic carbocycles. The van der Waals surface area contributed by atoms with Gasteiger partial charge in [-0.15, -0.1) is 0 Å². The molecule has 0 aliphatic heterocycles. The zero-order valence-electron chi connectivity index (χ0n) is 12.8. The average Bonchev–Trinajstić information content (AvgIpc) is 2.62. The highest BCUT2D eigenvalue weighted by atomic mass is 15.1. The molecule has 0 atom stereocenters. The van der Waals surface area contributed by atoms with Crippen LogP contribution in [0.3, 0.4) is 0 Å². The minimum Gasteiger partial charge on any atom is -0.370 e. The largest absolute Gasteiger partial charge is 0.370 e. The van der Waals surface area contributed by atoms with Gasteiger partial charge in [0.25, 0.3) is 0 Å². The minimum atomic E-state index is 0.617. The summed E-state index contributed by atoms with van der Waals surface area (Å²) in [5.74, 6) is 1.44. The van der Waals surface area contributed by atoms with Crippen LogP contribution in [0.5, 0.6) is 0 Å². The number of hydrogen-bond acceptors (Lipinski definition) is 5. The first-order valence-corrected chi connectivity index (χ1v) is 7.64. The number of pyridine rings is 1. The van der Waals surface area contributed by atoms with Crippen molar-refractivity contribution in [2.24, 2.45) is 0 Å². The van der Waals surface area contributed by atoms with Crippen molar-refractivity contribution in [2.75, 3.05) is 17.2 Å². The lowest BCUT2D eigenvalue weighted by Crippen LogP contribution is -2.09. The topological polar surface area (TPSA) is 62.7 Å². The summed E-state index contributed by atoms with van der Waals surface area (Å²) in [6.45, 7) is 1.51. The molecule has 5 nitrogen and oxygen atoms in total. The smallest absolute Gasteiger partial charge is 0.224 e. The van der Waals surface area contributed by atoms with E-state index in [4.69, 9.17) is 0 Å². The summed E-state index contributed by atoms with van der Waals surface area (Å²) in [6.07, 6.45) is 6.27. The SMILES string of the molecule is c1ccc(CCNc2ccnc(NCc3ccncc3)n2)cc1. The van der Waals surface area contributed by atoms with Gasteiger partial charge in [0.2, 0.25) is 5.95 Å². The van der Waals surface area contributed by atoms with Crippen LogP contribution in [-0.2, 0) is 13.0 Å². The molecule has 0 aliphatic rings. The Morgan fingerprint density at radius 3 is 2.43 bits per heavy atom. The predicted octanol–water partition coefficient (Wildman–Crippen LogP) is 3.14. The first-order valence-electron chi connectivity index (χ1n) is 7.64. The molecule has 5 heteroatoms. The molecule has 2 heterocycles. The van der Waals surface area contributed by atoms with E-state index in [1.807, 2.05) is 24.3 Å². The molecule has 0 unspecified atom stereocenters. The summed E-state index contributed by atoms with van der Waals surface area (Å²) in [5, 5.41) is 6.55. The Morgan fingerprint density at radius 1 is 0.783 bits per heavy atom. The first kappa shape index (κ1) is 15.0. The Labute approximate surface area is 135 Å². The number of anilines is 2. The van der Waals surface area contributed by atoms with E-state index in [0.717, 1.165) is 24.3 Å². The van der Waals surface area contributed by atoms with Crippen LogP contribution in [0.25, 0.3) is 0 Å². The molecule has 3 rings (SSSR count). The Morgan fingerprint density at radius 2 is 1.61 bits per heavy atom. The van der Waals surface area contributed by atoms with Crippen molar-refractivity contribution in [1.29, 1.82) is 0 Å². The summed E-state index contributed by atoms with van der Waals surface area (Å²) in [5.41, 5.74) is 2.45. The van der Waals surface area contributed by atoms with Crippen LogP contribution < -0.4 is 10.6 Å². The van der Waals surface area contributed by atoms with Crippen molar-refractivity contribution in [2.45, 2.75) is 13.0 Å². The van der Waals surface area contributed by atoms with Crippen molar-refractivity contribution < 1.29 is 0 Å². The molecule has 0 aliphatic carbocycles. The summed E-state index contributed by atoms with van der Waals surface area (Å²) in [6, 6.07) is 16.2. The molecule has 3 aromatic rings. The molecular weight excluding hydrogens is 286 g/mol. The molecule has 0 radical (unpaired) electrons. The van der Waals surface area contributed by atoms with E-state index in [1.165, 1.54) is 5.56 Å². The fourth-order valence-corrected chi connectivity index (χ4v) is 2.20. The van der Waals surface area contributed by atoms with Gasteiger partial charge in [-0.25, -0.2) is 4.98 Å². The fourth-order valence-electron chi connectivity index (χ4n) is 2.20. The number of nitrogens with one attached hydrogen (secondary N) is 2. The molecule has 2 aromatic heterocycles. The van der Waals surface area contributed by atoms with Crippen LogP contribution in [0.2, 0.25) is 0 Å². The third-order valence-corrected chi connectivity index (χ3v) is 3.42. The first-order chi connectivity index (χ1) is 11.4. The van der Waals surface area contributed by atoms with E-state index in [-0.39, 0.29) is 0 Å². The van der Waals surface area contributed by atoms with Crippen molar-refractivity contribution >= 4 is 11.8 Å². The van der Waals surface area contributed by atoms with Crippen LogP contribution in [0.1, 0.15) is 11.1 Å². The maximum absolute atomic E-state index is 4.47. The lowest BCUT2D eigenvalue weighted by atomic mass is 10.1. The monoisotopic (exact) mass is 305 g/mol. The second kappa shape index (κ2) is 7.89. The van der Waals surface area contributed by atoms with Gasteiger partial charge in [0.05, 0.1) is 0 Å². The Bertz CT molecular complexity index is 716. The standard InChI is InChI=1S/C18H19N5/c1-2-4-15(5-3-1)8-12-20-17-9-13-21-18(23-17)22-14-16-6-10-19-11-7-16/h1-7,9-11,13H,8,12,14H2,(H2,20,21,22,23). The van der Waals surface area contributed by atoms with Gasteiger partial charge in [0.15, 0.2) is 0 Å². The molecule has 0 amide bonds. The number of benzene rings is 1. The second-order valence-electron chi connectivity index (χ2n) is 5.14. The molecule has 23 heavy (non-hydrogen) atoms. The van der Waals surface area contributed by atoms with E-state index >= 15 is 0 Å². The second-order valence-corrected chi connectivity index (χ2v) is 5.14. The van der Waals surface area contributed by atoms with Crippen LogP contribution in [0.15, 0.2) is 67.1 Å². The number of nitrogens with zero attached hydrogens (tertiary/aromatic N) is 3. The number of rotatable bonds is 7. The van der Waals surface area contributed by atoms with Crippen LogP contribution >= 0.6 is 0 Å². The third kappa shape index (κ3) is 4.78. The maximum atomic E-state index is 4.47. The quantitative estimate of drug-likeness (QED) is 0.702. The van der Waals surface area contributed by atoms with Gasteiger partial charge in [0.1, 0.15) is 5.82 Å². The van der Waals surface area contributed by atoms with Gasteiger partial charge >= 0.3 is 0 Å². The zero-order valence-corrected chi connectivity index (χ0v) is 12.8. The van der Waals surface area contributed by atoms with Gasteiger partial charge in [-0.05, 0) is 35.7 Å². The molecule has 2 N–H and O–H groups in total. The summed E-state index contributed by atoms with van der Waals surface area (Å²) in [4.78, 5) is 12.7. The Hall–Kier alpha value is -2.95. The highest BCUT2D eigenvalue weighted by Gasteiger charge is 1.99. The highest BCUT2D eigenvalue weighted by Crippen LogP contribution is 2.08. The Balaban J connectivity index is 1.51. The summed E-state index contributed by atoms with van der Waals surface area (Å²) in [7, 11) is 0. The van der Waals surface area contributed by atoms with Crippen molar-refractivity contribution in [1.82, 2.24) is 15.0 Å². The number of aromatic nitrogens is 3. The molecular formula is C18H19N5. The lowest BCUT2D eigenvalue weighted by molar-refractivity contribution is 0.990. The van der Waals surface area contributed by atoms with Gasteiger partial charge in [-0.3, -0.25) is 4.98 Å². The zero-order chi connectivity index (χ0) is 15.7. The molecule has 0 saturated carbocycles. The van der Waals surface area contributed by atoms with Gasteiger partial charge < -0.3 is 10.6 Å². The van der Waals surface area contributed by atoms with E-state index < -0.39 is 0 Å². The predicted molar refractivity (Wildman–Crippen MR) is 92.2 cm³/mol. The minimum absolute atomic E-state index is 0.617.